The monoisotopic (exact) mass is 399 g/mol. The maximum absolute atomic E-state index is 12.5. The Balaban J connectivity index is 1.95. The predicted molar refractivity (Wildman–Crippen MR) is 112 cm³/mol. The number of ether oxygens (including phenoxy) is 2. The largest absolute Gasteiger partial charge is 0.497 e. The zero-order valence-electron chi connectivity index (χ0n) is 17.4. The third kappa shape index (κ3) is 6.80. The van der Waals surface area contributed by atoms with E-state index in [1.807, 2.05) is 50.2 Å². The number of nitrogens with one attached hydrogen (secondary N) is 2. The molecule has 0 saturated carbocycles. The van der Waals surface area contributed by atoms with E-state index >= 15 is 0 Å². The molecule has 2 aromatic carbocycles. The van der Waals surface area contributed by atoms with E-state index in [9.17, 15) is 9.59 Å². The average Bonchev–Trinajstić information content (AvgIpc) is 2.72. The summed E-state index contributed by atoms with van der Waals surface area (Å²) in [5.41, 5.74) is 1.59. The fourth-order valence-electron chi connectivity index (χ4n) is 2.84. The molecule has 0 aliphatic carbocycles. The molecule has 0 unspecified atom stereocenters. The Labute approximate surface area is 172 Å². The van der Waals surface area contributed by atoms with Crippen LogP contribution < -0.4 is 20.1 Å². The Morgan fingerprint density at radius 2 is 1.76 bits per heavy atom. The first-order valence-electron chi connectivity index (χ1n) is 9.52. The summed E-state index contributed by atoms with van der Waals surface area (Å²) in [6, 6.07) is 14.5. The van der Waals surface area contributed by atoms with Crippen molar-refractivity contribution in [1.29, 1.82) is 0 Å². The lowest BCUT2D eigenvalue weighted by atomic mass is 10.1. The lowest BCUT2D eigenvalue weighted by Gasteiger charge is -2.25. The molecule has 0 saturated heterocycles. The van der Waals surface area contributed by atoms with Crippen molar-refractivity contribution in [1.82, 2.24) is 15.5 Å². The number of likely N-dealkylation sites (N-methyl/N-ethyl adjacent to an activating group) is 2. The van der Waals surface area contributed by atoms with Crippen molar-refractivity contribution in [2.75, 3.05) is 40.9 Å². The number of carbonyl (C=O) groups is 2. The van der Waals surface area contributed by atoms with Crippen molar-refractivity contribution in [3.05, 3.63) is 59.7 Å². The fraction of sp³-hybridized carbons (Fsp3) is 0.364. The van der Waals surface area contributed by atoms with Gasteiger partial charge in [0.15, 0.2) is 6.61 Å². The van der Waals surface area contributed by atoms with E-state index in [0.717, 1.165) is 11.3 Å². The van der Waals surface area contributed by atoms with Gasteiger partial charge in [-0.2, -0.15) is 0 Å². The molecule has 1 atom stereocenters. The summed E-state index contributed by atoms with van der Waals surface area (Å²) in [5.74, 6) is 0.968. The van der Waals surface area contributed by atoms with Gasteiger partial charge in [-0.15, -0.1) is 0 Å². The summed E-state index contributed by atoms with van der Waals surface area (Å²) in [6.45, 7) is 2.81. The molecule has 2 amide bonds. The van der Waals surface area contributed by atoms with Gasteiger partial charge in [0.1, 0.15) is 11.5 Å². The molecule has 0 aromatic heterocycles. The molecule has 0 aliphatic rings. The van der Waals surface area contributed by atoms with Crippen LogP contribution in [0.3, 0.4) is 0 Å². The Morgan fingerprint density at radius 3 is 2.38 bits per heavy atom. The lowest BCUT2D eigenvalue weighted by molar-refractivity contribution is -0.122. The number of rotatable bonds is 10. The van der Waals surface area contributed by atoms with E-state index in [2.05, 4.69) is 10.6 Å². The Bertz CT molecular complexity index is 806. The van der Waals surface area contributed by atoms with Crippen LogP contribution in [0.15, 0.2) is 48.5 Å². The molecule has 2 aromatic rings. The highest BCUT2D eigenvalue weighted by atomic mass is 16.5. The number of nitrogens with zero attached hydrogens (tertiary/aromatic N) is 1. The second kappa shape index (κ2) is 11.1. The van der Waals surface area contributed by atoms with E-state index in [4.69, 9.17) is 9.47 Å². The summed E-state index contributed by atoms with van der Waals surface area (Å²) < 4.78 is 10.7. The minimum atomic E-state index is -0.179. The van der Waals surface area contributed by atoms with Gasteiger partial charge >= 0.3 is 0 Å². The molecule has 0 radical (unpaired) electrons. The number of hydrogen-bond donors (Lipinski definition) is 2. The van der Waals surface area contributed by atoms with E-state index < -0.39 is 0 Å². The topological polar surface area (TPSA) is 79.9 Å². The zero-order valence-corrected chi connectivity index (χ0v) is 17.4. The minimum absolute atomic E-state index is 0.00809. The van der Waals surface area contributed by atoms with Gasteiger partial charge in [0.05, 0.1) is 13.2 Å². The highest BCUT2D eigenvalue weighted by Gasteiger charge is 2.16. The first-order valence-corrected chi connectivity index (χ1v) is 9.52. The van der Waals surface area contributed by atoms with Crippen LogP contribution in [0.2, 0.25) is 0 Å². The van der Waals surface area contributed by atoms with Crippen molar-refractivity contribution in [2.45, 2.75) is 13.0 Å². The highest BCUT2D eigenvalue weighted by Crippen LogP contribution is 2.22. The van der Waals surface area contributed by atoms with E-state index in [0.29, 0.717) is 24.4 Å². The van der Waals surface area contributed by atoms with Crippen LogP contribution in [-0.4, -0.2) is 57.6 Å². The first-order chi connectivity index (χ1) is 13.9. The van der Waals surface area contributed by atoms with Gasteiger partial charge in [-0.25, -0.2) is 0 Å². The Hall–Kier alpha value is -3.06. The average molecular weight is 399 g/mol. The van der Waals surface area contributed by atoms with Gasteiger partial charge in [0.25, 0.3) is 11.8 Å². The fourth-order valence-corrected chi connectivity index (χ4v) is 2.84. The van der Waals surface area contributed by atoms with Crippen LogP contribution >= 0.6 is 0 Å². The smallest absolute Gasteiger partial charge is 0.257 e. The van der Waals surface area contributed by atoms with Crippen LogP contribution in [0.5, 0.6) is 11.5 Å². The lowest BCUT2D eigenvalue weighted by Crippen LogP contribution is -2.34. The van der Waals surface area contributed by atoms with Crippen molar-refractivity contribution in [3.63, 3.8) is 0 Å². The van der Waals surface area contributed by atoms with Crippen molar-refractivity contribution < 1.29 is 19.1 Å². The van der Waals surface area contributed by atoms with Crippen LogP contribution in [0.25, 0.3) is 0 Å². The summed E-state index contributed by atoms with van der Waals surface area (Å²) in [6.07, 6.45) is 0. The van der Waals surface area contributed by atoms with Gasteiger partial charge < -0.3 is 25.0 Å². The van der Waals surface area contributed by atoms with Crippen LogP contribution in [0.4, 0.5) is 0 Å². The van der Waals surface area contributed by atoms with Gasteiger partial charge in [-0.1, -0.05) is 12.1 Å². The zero-order chi connectivity index (χ0) is 21.2. The number of carbonyl (C=O) groups excluding carboxylic acids is 2. The van der Waals surface area contributed by atoms with E-state index in [1.54, 1.807) is 31.4 Å². The minimum Gasteiger partial charge on any atom is -0.497 e. The third-order valence-corrected chi connectivity index (χ3v) is 4.42. The second-order valence-electron chi connectivity index (χ2n) is 6.73. The predicted octanol–water partition coefficient (Wildman–Crippen LogP) is 2.24. The van der Waals surface area contributed by atoms with Gasteiger partial charge in [-0.3, -0.25) is 9.59 Å². The van der Waals surface area contributed by atoms with Gasteiger partial charge in [-0.05, 0) is 63.0 Å². The molecule has 2 N–H and O–H groups in total. The number of amides is 2. The Kier molecular flexibility index (Phi) is 8.48. The van der Waals surface area contributed by atoms with Gasteiger partial charge in [0.2, 0.25) is 0 Å². The SMILES string of the molecule is CCNC(=O)COc1ccc(C(=O)NC[C@@H](c2cccc(OC)c2)N(C)C)cc1. The summed E-state index contributed by atoms with van der Waals surface area (Å²) in [4.78, 5) is 26.0. The molecule has 7 heteroatoms. The second-order valence-corrected chi connectivity index (χ2v) is 6.73. The molecule has 156 valence electrons. The van der Waals surface area contributed by atoms with Crippen LogP contribution in [0.1, 0.15) is 28.9 Å². The molecule has 0 heterocycles. The maximum atomic E-state index is 12.5. The molecular formula is C22H29N3O4. The van der Waals surface area contributed by atoms with E-state index in [-0.39, 0.29) is 24.5 Å². The van der Waals surface area contributed by atoms with Crippen LogP contribution in [-0.2, 0) is 4.79 Å². The summed E-state index contributed by atoms with van der Waals surface area (Å²) >= 11 is 0. The molecule has 0 spiro atoms. The van der Waals surface area contributed by atoms with Crippen LogP contribution in [0, 0.1) is 0 Å². The summed E-state index contributed by atoms with van der Waals surface area (Å²) in [7, 11) is 5.57. The molecular weight excluding hydrogens is 370 g/mol. The molecule has 0 aliphatic heterocycles. The molecule has 29 heavy (non-hydrogen) atoms. The number of methoxy groups -OCH3 is 1. The first kappa shape index (κ1) is 22.2. The van der Waals surface area contributed by atoms with Gasteiger partial charge in [0, 0.05) is 18.7 Å². The quantitative estimate of drug-likeness (QED) is 0.641. The van der Waals surface area contributed by atoms with E-state index in [1.165, 1.54) is 0 Å². The highest BCUT2D eigenvalue weighted by molar-refractivity contribution is 5.94. The van der Waals surface area contributed by atoms with Crippen molar-refractivity contribution in [2.24, 2.45) is 0 Å². The third-order valence-electron chi connectivity index (χ3n) is 4.42. The maximum Gasteiger partial charge on any atom is 0.257 e. The van der Waals surface area contributed by atoms with Crippen molar-refractivity contribution in [3.8, 4) is 11.5 Å². The number of benzene rings is 2. The molecule has 7 nitrogen and oxygen atoms in total. The van der Waals surface area contributed by atoms with Crippen molar-refractivity contribution >= 4 is 11.8 Å². The molecule has 0 fully saturated rings. The molecule has 0 bridgehead atoms. The summed E-state index contributed by atoms with van der Waals surface area (Å²) in [5, 5.41) is 5.64. The normalized spacial score (nSPS) is 11.6. The molecule has 2 rings (SSSR count). The number of hydrogen-bond acceptors (Lipinski definition) is 5. The Morgan fingerprint density at radius 1 is 1.03 bits per heavy atom. The standard InChI is InChI=1S/C22H29N3O4/c1-5-23-21(26)15-29-18-11-9-16(10-12-18)22(27)24-14-20(25(2)3)17-7-6-8-19(13-17)28-4/h6-13,20H,5,14-15H2,1-4H3,(H,23,26)(H,24,27)/t20-/m0/s1.